The molecule has 7 heteroatoms. The van der Waals surface area contributed by atoms with Gasteiger partial charge in [-0.05, 0) is 31.0 Å². The van der Waals surface area contributed by atoms with Crippen molar-refractivity contribution >= 4 is 28.5 Å². The topological polar surface area (TPSA) is 67.6 Å². The summed E-state index contributed by atoms with van der Waals surface area (Å²) in [6.45, 7) is 1.66. The summed E-state index contributed by atoms with van der Waals surface area (Å²) in [7, 11) is 1.51. The van der Waals surface area contributed by atoms with Gasteiger partial charge < -0.3 is 19.3 Å². The number of pyridine rings is 1. The van der Waals surface area contributed by atoms with Gasteiger partial charge >= 0.3 is 0 Å². The minimum absolute atomic E-state index is 0.0280. The van der Waals surface area contributed by atoms with Crippen molar-refractivity contribution in [2.75, 3.05) is 26.8 Å². The van der Waals surface area contributed by atoms with E-state index < -0.39 is 5.60 Å². The molecule has 3 rings (SSSR count). The highest BCUT2D eigenvalue weighted by Gasteiger charge is 2.34. The molecule has 0 saturated carbocycles. The second kappa shape index (κ2) is 6.47. The highest BCUT2D eigenvalue weighted by Crippen LogP contribution is 2.26. The third kappa shape index (κ3) is 3.49. The third-order valence-electron chi connectivity index (χ3n) is 4.37. The Labute approximate surface area is 139 Å². The Morgan fingerprint density at radius 1 is 1.39 bits per heavy atom. The summed E-state index contributed by atoms with van der Waals surface area (Å²) in [4.78, 5) is 17.8. The molecule has 1 N–H and O–H groups in total. The molecular weight excluding hydrogens is 318 g/mol. The molecule has 0 unspecified atom stereocenters. The number of ether oxygens (including phenoxy) is 1. The second-order valence-corrected chi connectivity index (χ2v) is 6.41. The number of fused-ring (bicyclic) bond motifs is 1. The second-order valence-electron chi connectivity index (χ2n) is 6.02. The van der Waals surface area contributed by atoms with Gasteiger partial charge in [0.2, 0.25) is 5.91 Å². The van der Waals surface area contributed by atoms with Crippen molar-refractivity contribution in [1.82, 2.24) is 14.5 Å². The van der Waals surface area contributed by atoms with E-state index >= 15 is 0 Å². The molecule has 0 spiro atoms. The highest BCUT2D eigenvalue weighted by molar-refractivity contribution is 6.29. The van der Waals surface area contributed by atoms with E-state index in [1.54, 1.807) is 11.0 Å². The SMILES string of the molecule is COCC(=O)N1CCC(O)(Cn2ccc3nc(Cl)ccc32)CC1. The molecule has 0 bridgehead atoms. The van der Waals surface area contributed by atoms with Crippen LogP contribution in [-0.2, 0) is 16.1 Å². The number of piperidine rings is 1. The monoisotopic (exact) mass is 337 g/mol. The average molecular weight is 338 g/mol. The van der Waals surface area contributed by atoms with Crippen molar-refractivity contribution in [3.63, 3.8) is 0 Å². The number of amides is 1. The van der Waals surface area contributed by atoms with Gasteiger partial charge in [0.05, 0.1) is 23.2 Å². The van der Waals surface area contributed by atoms with Crippen molar-refractivity contribution < 1.29 is 14.6 Å². The van der Waals surface area contributed by atoms with Gasteiger partial charge in [0.1, 0.15) is 11.8 Å². The van der Waals surface area contributed by atoms with Gasteiger partial charge in [-0.3, -0.25) is 4.79 Å². The van der Waals surface area contributed by atoms with Crippen LogP contribution in [0.4, 0.5) is 0 Å². The van der Waals surface area contributed by atoms with E-state index in [0.717, 1.165) is 11.0 Å². The maximum absolute atomic E-state index is 11.8. The quantitative estimate of drug-likeness (QED) is 0.862. The maximum atomic E-state index is 11.8. The molecule has 1 fully saturated rings. The average Bonchev–Trinajstić information content (AvgIpc) is 2.89. The van der Waals surface area contributed by atoms with E-state index in [4.69, 9.17) is 16.3 Å². The van der Waals surface area contributed by atoms with E-state index in [9.17, 15) is 9.90 Å². The molecule has 6 nitrogen and oxygen atoms in total. The van der Waals surface area contributed by atoms with Crippen molar-refractivity contribution in [3.8, 4) is 0 Å². The number of aliphatic hydroxyl groups is 1. The van der Waals surface area contributed by atoms with Crippen LogP contribution in [0, 0.1) is 0 Å². The zero-order valence-corrected chi connectivity index (χ0v) is 13.8. The van der Waals surface area contributed by atoms with Gasteiger partial charge in [-0.2, -0.15) is 0 Å². The van der Waals surface area contributed by atoms with Crippen molar-refractivity contribution in [2.24, 2.45) is 0 Å². The molecule has 1 amide bonds. The molecule has 0 radical (unpaired) electrons. The predicted octanol–water partition coefficient (Wildman–Crippen LogP) is 1.69. The van der Waals surface area contributed by atoms with E-state index in [-0.39, 0.29) is 12.5 Å². The number of halogens is 1. The minimum Gasteiger partial charge on any atom is -0.388 e. The number of rotatable bonds is 4. The molecule has 0 aromatic carbocycles. The first-order valence-electron chi connectivity index (χ1n) is 7.61. The smallest absolute Gasteiger partial charge is 0.248 e. The molecule has 0 atom stereocenters. The van der Waals surface area contributed by atoms with Gasteiger partial charge in [0, 0.05) is 26.4 Å². The number of methoxy groups -OCH3 is 1. The van der Waals surface area contributed by atoms with Crippen molar-refractivity contribution in [3.05, 3.63) is 29.5 Å². The number of likely N-dealkylation sites (tertiary alicyclic amines) is 1. The van der Waals surface area contributed by atoms with Crippen LogP contribution in [0.15, 0.2) is 24.4 Å². The van der Waals surface area contributed by atoms with Crippen molar-refractivity contribution in [2.45, 2.75) is 25.0 Å². The van der Waals surface area contributed by atoms with Crippen LogP contribution in [0.25, 0.3) is 11.0 Å². The molecular formula is C16H20ClN3O3. The molecule has 2 aromatic rings. The Kier molecular flexibility index (Phi) is 4.57. The standard InChI is InChI=1S/C16H20ClN3O3/c1-23-10-15(21)19-8-5-16(22,6-9-19)11-20-7-4-12-13(20)2-3-14(17)18-12/h2-4,7,22H,5-6,8-11H2,1H3. The fourth-order valence-electron chi connectivity index (χ4n) is 3.05. The largest absolute Gasteiger partial charge is 0.388 e. The first kappa shape index (κ1) is 16.2. The van der Waals surface area contributed by atoms with Crippen LogP contribution < -0.4 is 0 Å². The van der Waals surface area contributed by atoms with Crippen LogP contribution >= 0.6 is 11.6 Å². The predicted molar refractivity (Wildman–Crippen MR) is 87.4 cm³/mol. The number of carbonyl (C=O) groups is 1. The highest BCUT2D eigenvalue weighted by atomic mass is 35.5. The zero-order chi connectivity index (χ0) is 16.4. The Hall–Kier alpha value is -1.63. The lowest BCUT2D eigenvalue weighted by Gasteiger charge is -2.38. The Balaban J connectivity index is 1.69. The number of nitrogens with zero attached hydrogens (tertiary/aromatic N) is 3. The molecule has 0 aliphatic carbocycles. The molecule has 1 saturated heterocycles. The molecule has 1 aliphatic heterocycles. The zero-order valence-electron chi connectivity index (χ0n) is 13.0. The van der Waals surface area contributed by atoms with Crippen LogP contribution in [0.5, 0.6) is 0 Å². The Morgan fingerprint density at radius 3 is 2.83 bits per heavy atom. The van der Waals surface area contributed by atoms with E-state index in [1.165, 1.54) is 7.11 Å². The lowest BCUT2D eigenvalue weighted by molar-refractivity contribution is -0.139. The first-order chi connectivity index (χ1) is 11.0. The Morgan fingerprint density at radius 2 is 2.13 bits per heavy atom. The van der Waals surface area contributed by atoms with Gasteiger partial charge in [0.15, 0.2) is 0 Å². The van der Waals surface area contributed by atoms with Gasteiger partial charge in [-0.25, -0.2) is 4.98 Å². The van der Waals surface area contributed by atoms with Gasteiger partial charge in [-0.1, -0.05) is 11.6 Å². The summed E-state index contributed by atoms with van der Waals surface area (Å²) in [6.07, 6.45) is 3.00. The molecule has 124 valence electrons. The summed E-state index contributed by atoms with van der Waals surface area (Å²) < 4.78 is 6.87. The molecule has 2 aromatic heterocycles. The van der Waals surface area contributed by atoms with Crippen LogP contribution in [0.1, 0.15) is 12.8 Å². The molecule has 1 aliphatic rings. The lowest BCUT2D eigenvalue weighted by Crippen LogP contribution is -2.49. The first-order valence-corrected chi connectivity index (χ1v) is 7.99. The maximum Gasteiger partial charge on any atom is 0.248 e. The third-order valence-corrected chi connectivity index (χ3v) is 4.58. The fourth-order valence-corrected chi connectivity index (χ4v) is 3.20. The summed E-state index contributed by atoms with van der Waals surface area (Å²) in [6, 6.07) is 5.55. The Bertz CT molecular complexity index is 708. The van der Waals surface area contributed by atoms with Gasteiger partial charge in [-0.15, -0.1) is 0 Å². The van der Waals surface area contributed by atoms with Crippen molar-refractivity contribution in [1.29, 1.82) is 0 Å². The van der Waals surface area contributed by atoms with E-state index in [0.29, 0.717) is 37.6 Å². The summed E-state index contributed by atoms with van der Waals surface area (Å²) >= 11 is 5.90. The van der Waals surface area contributed by atoms with Crippen LogP contribution in [-0.4, -0.2) is 57.9 Å². The van der Waals surface area contributed by atoms with Crippen LogP contribution in [0.2, 0.25) is 5.15 Å². The lowest BCUT2D eigenvalue weighted by atomic mass is 9.91. The number of carbonyl (C=O) groups excluding carboxylic acids is 1. The summed E-state index contributed by atoms with van der Waals surface area (Å²) in [5, 5.41) is 11.3. The van der Waals surface area contributed by atoms with Gasteiger partial charge in [0.25, 0.3) is 0 Å². The number of hydrogen-bond donors (Lipinski definition) is 1. The summed E-state index contributed by atoms with van der Waals surface area (Å²) in [5.74, 6) is -0.0280. The van der Waals surface area contributed by atoms with Crippen LogP contribution in [0.3, 0.4) is 0 Å². The van der Waals surface area contributed by atoms with E-state index in [2.05, 4.69) is 4.98 Å². The van der Waals surface area contributed by atoms with E-state index in [1.807, 2.05) is 22.9 Å². The number of hydrogen-bond acceptors (Lipinski definition) is 4. The normalized spacial score (nSPS) is 17.6. The molecule has 23 heavy (non-hydrogen) atoms. The fraction of sp³-hybridized carbons (Fsp3) is 0.500. The summed E-state index contributed by atoms with van der Waals surface area (Å²) in [5.41, 5.74) is 0.935. The molecule has 3 heterocycles. The number of aromatic nitrogens is 2. The minimum atomic E-state index is -0.824.